The number of ketones is 1. The fraction of sp³-hybridized carbons (Fsp3) is 0.778. The number of carboxylic acids is 1. The van der Waals surface area contributed by atoms with Gasteiger partial charge in [0, 0.05) is 19.3 Å². The van der Waals surface area contributed by atoms with E-state index in [1.54, 1.807) is 0 Å². The maximum atomic E-state index is 11.5. The predicted molar refractivity (Wildman–Crippen MR) is 86.1 cm³/mol. The molecule has 0 aliphatic carbocycles. The van der Waals surface area contributed by atoms with Crippen LogP contribution in [0.5, 0.6) is 0 Å². The smallest absolute Gasteiger partial charge is 0.303 e. The van der Waals surface area contributed by atoms with E-state index < -0.39 is 5.97 Å². The van der Waals surface area contributed by atoms with E-state index in [0.29, 0.717) is 6.42 Å². The minimum Gasteiger partial charge on any atom is -0.481 e. The van der Waals surface area contributed by atoms with Gasteiger partial charge < -0.3 is 5.11 Å². The third-order valence-electron chi connectivity index (χ3n) is 3.43. The largest absolute Gasteiger partial charge is 0.481 e. The van der Waals surface area contributed by atoms with Gasteiger partial charge in [0.1, 0.15) is 0 Å². The number of unbranched alkanes of at least 4 members (excludes halogenated alkanes) is 9. The molecule has 0 aliphatic rings. The summed E-state index contributed by atoms with van der Waals surface area (Å²) in [5, 5.41) is 8.50. The van der Waals surface area contributed by atoms with Crippen molar-refractivity contribution in [1.29, 1.82) is 0 Å². The summed E-state index contributed by atoms with van der Waals surface area (Å²) >= 11 is 0. The van der Waals surface area contributed by atoms with Gasteiger partial charge in [0.05, 0.1) is 0 Å². The predicted octanol–water partition coefficient (Wildman–Crippen LogP) is 4.73. The summed E-state index contributed by atoms with van der Waals surface area (Å²) in [6, 6.07) is 0. The average Bonchev–Trinajstić information content (AvgIpc) is 2.45. The lowest BCUT2D eigenvalue weighted by molar-refractivity contribution is -0.137. The van der Waals surface area contributed by atoms with Crippen LogP contribution in [0.4, 0.5) is 0 Å². The van der Waals surface area contributed by atoms with Crippen LogP contribution in [0, 0.1) is 11.8 Å². The average molecular weight is 294 g/mol. The Morgan fingerprint density at radius 1 is 0.810 bits per heavy atom. The van der Waals surface area contributed by atoms with E-state index in [9.17, 15) is 9.59 Å². The van der Waals surface area contributed by atoms with Crippen LogP contribution in [0.2, 0.25) is 0 Å². The van der Waals surface area contributed by atoms with Crippen LogP contribution < -0.4 is 0 Å². The quantitative estimate of drug-likeness (QED) is 0.303. The van der Waals surface area contributed by atoms with Crippen LogP contribution in [0.15, 0.2) is 0 Å². The van der Waals surface area contributed by atoms with Crippen molar-refractivity contribution >= 4 is 11.8 Å². The molecule has 0 heterocycles. The number of hydrogen-bond acceptors (Lipinski definition) is 2. The highest BCUT2D eigenvalue weighted by Gasteiger charge is 1.98. The number of rotatable bonds is 13. The molecule has 0 rings (SSSR count). The molecule has 3 heteroatoms. The highest BCUT2D eigenvalue weighted by Crippen LogP contribution is 2.08. The summed E-state index contributed by atoms with van der Waals surface area (Å²) in [4.78, 5) is 21.8. The van der Waals surface area contributed by atoms with E-state index in [1.165, 1.54) is 19.3 Å². The van der Waals surface area contributed by atoms with Crippen LogP contribution in [0.3, 0.4) is 0 Å². The number of Topliss-reactive ketones (excluding diaryl/α,β-unsaturated/α-hetero) is 1. The molecule has 0 radical (unpaired) electrons. The Labute approximate surface area is 129 Å². The van der Waals surface area contributed by atoms with Crippen LogP contribution in [-0.4, -0.2) is 16.9 Å². The van der Waals surface area contributed by atoms with E-state index in [0.717, 1.165) is 51.4 Å². The van der Waals surface area contributed by atoms with E-state index in [2.05, 4.69) is 18.8 Å². The van der Waals surface area contributed by atoms with Crippen LogP contribution in [0.25, 0.3) is 0 Å². The summed E-state index contributed by atoms with van der Waals surface area (Å²) in [5.41, 5.74) is 0. The molecule has 0 amide bonds. The van der Waals surface area contributed by atoms with E-state index >= 15 is 0 Å². The normalized spacial score (nSPS) is 9.95. The number of carbonyl (C=O) groups excluding carboxylic acids is 1. The highest BCUT2D eigenvalue weighted by atomic mass is 16.4. The molecule has 0 aromatic heterocycles. The van der Waals surface area contributed by atoms with Gasteiger partial charge in [-0.25, -0.2) is 0 Å². The molecule has 0 atom stereocenters. The molecule has 0 aromatic carbocycles. The minimum atomic E-state index is -0.714. The van der Waals surface area contributed by atoms with Gasteiger partial charge in [-0.05, 0) is 25.2 Å². The lowest BCUT2D eigenvalue weighted by Crippen LogP contribution is -1.94. The molecule has 0 fully saturated rings. The molecule has 1 N–H and O–H groups in total. The molecule has 3 nitrogen and oxygen atoms in total. The number of carboxylic acid groups (broad SMARTS) is 1. The molecule has 0 aromatic rings. The fourth-order valence-corrected chi connectivity index (χ4v) is 2.13. The Morgan fingerprint density at radius 3 is 2.00 bits per heavy atom. The summed E-state index contributed by atoms with van der Waals surface area (Å²) in [7, 11) is 0. The van der Waals surface area contributed by atoms with Gasteiger partial charge in [-0.2, -0.15) is 0 Å². The van der Waals surface area contributed by atoms with Gasteiger partial charge in [0.15, 0.2) is 0 Å². The van der Waals surface area contributed by atoms with E-state index in [-0.39, 0.29) is 12.2 Å². The molecule has 0 spiro atoms. The second kappa shape index (κ2) is 15.1. The minimum absolute atomic E-state index is 0.0661. The van der Waals surface area contributed by atoms with Crippen molar-refractivity contribution in [3.8, 4) is 11.8 Å². The molecular weight excluding hydrogens is 264 g/mol. The van der Waals surface area contributed by atoms with Gasteiger partial charge in [-0.3, -0.25) is 9.59 Å². The molecular formula is C18H30O3. The Balaban J connectivity index is 3.33. The van der Waals surface area contributed by atoms with Crippen molar-refractivity contribution in [2.45, 2.75) is 90.4 Å². The zero-order chi connectivity index (χ0) is 15.8. The molecule has 21 heavy (non-hydrogen) atoms. The van der Waals surface area contributed by atoms with Gasteiger partial charge in [-0.15, -0.1) is 0 Å². The lowest BCUT2D eigenvalue weighted by atomic mass is 10.1. The monoisotopic (exact) mass is 294 g/mol. The van der Waals surface area contributed by atoms with E-state index in [1.807, 2.05) is 0 Å². The first kappa shape index (κ1) is 19.7. The van der Waals surface area contributed by atoms with Gasteiger partial charge in [0.2, 0.25) is 5.78 Å². The number of aliphatic carboxylic acids is 1. The summed E-state index contributed by atoms with van der Waals surface area (Å²) in [6.07, 6.45) is 12.3. The highest BCUT2D eigenvalue weighted by molar-refractivity contribution is 5.95. The van der Waals surface area contributed by atoms with E-state index in [4.69, 9.17) is 5.11 Å². The first-order valence-corrected chi connectivity index (χ1v) is 8.40. The summed E-state index contributed by atoms with van der Waals surface area (Å²) in [5.74, 6) is 5.05. The third-order valence-corrected chi connectivity index (χ3v) is 3.43. The lowest BCUT2D eigenvalue weighted by Gasteiger charge is -1.99. The SMILES string of the molecule is CCCCCCC#CC(=O)CCCCCCCCC(=O)O. The first-order valence-electron chi connectivity index (χ1n) is 8.40. The van der Waals surface area contributed by atoms with Crippen LogP contribution in [0.1, 0.15) is 90.4 Å². The Kier molecular flexibility index (Phi) is 14.2. The Bertz CT molecular complexity index is 336. The zero-order valence-electron chi connectivity index (χ0n) is 13.5. The molecule has 120 valence electrons. The van der Waals surface area contributed by atoms with Crippen LogP contribution >= 0.6 is 0 Å². The molecule has 0 bridgehead atoms. The topological polar surface area (TPSA) is 54.4 Å². The van der Waals surface area contributed by atoms with Gasteiger partial charge in [0.25, 0.3) is 0 Å². The standard InChI is InChI=1S/C18H30O3/c1-2-3-4-5-8-11-14-17(19)15-12-9-6-7-10-13-16-18(20)21/h2-10,12-13,15-16H2,1H3,(H,20,21). The second-order valence-electron chi connectivity index (χ2n) is 5.55. The van der Waals surface area contributed by atoms with Crippen molar-refractivity contribution in [3.05, 3.63) is 0 Å². The molecule has 0 saturated carbocycles. The van der Waals surface area contributed by atoms with Crippen molar-refractivity contribution in [3.63, 3.8) is 0 Å². The molecule has 0 saturated heterocycles. The maximum Gasteiger partial charge on any atom is 0.303 e. The van der Waals surface area contributed by atoms with Crippen LogP contribution in [-0.2, 0) is 9.59 Å². The maximum absolute atomic E-state index is 11.5. The Hall–Kier alpha value is -1.30. The second-order valence-corrected chi connectivity index (χ2v) is 5.55. The molecule has 0 aliphatic heterocycles. The van der Waals surface area contributed by atoms with Crippen molar-refractivity contribution in [1.82, 2.24) is 0 Å². The van der Waals surface area contributed by atoms with Gasteiger partial charge >= 0.3 is 5.97 Å². The Morgan fingerprint density at radius 2 is 1.38 bits per heavy atom. The first-order chi connectivity index (χ1) is 10.2. The van der Waals surface area contributed by atoms with Crippen molar-refractivity contribution < 1.29 is 14.7 Å². The summed E-state index contributed by atoms with van der Waals surface area (Å²) in [6.45, 7) is 2.18. The van der Waals surface area contributed by atoms with Crippen molar-refractivity contribution in [2.24, 2.45) is 0 Å². The zero-order valence-corrected chi connectivity index (χ0v) is 13.5. The summed E-state index contributed by atoms with van der Waals surface area (Å²) < 4.78 is 0. The fourth-order valence-electron chi connectivity index (χ4n) is 2.13. The number of carbonyl (C=O) groups is 2. The van der Waals surface area contributed by atoms with Crippen molar-refractivity contribution in [2.75, 3.05) is 0 Å². The van der Waals surface area contributed by atoms with Gasteiger partial charge in [-0.1, -0.05) is 57.8 Å². The molecule has 0 unspecified atom stereocenters. The number of hydrogen-bond donors (Lipinski definition) is 1. The third kappa shape index (κ3) is 16.6.